The van der Waals surface area contributed by atoms with Crippen LogP contribution >= 0.6 is 0 Å². The van der Waals surface area contributed by atoms with Gasteiger partial charge in [-0.1, -0.05) is 36.4 Å². The van der Waals surface area contributed by atoms with Gasteiger partial charge >= 0.3 is 0 Å². The van der Waals surface area contributed by atoms with Crippen LogP contribution in [0.2, 0.25) is 0 Å². The lowest BCUT2D eigenvalue weighted by molar-refractivity contribution is -0.115. The van der Waals surface area contributed by atoms with E-state index in [1.165, 1.54) is 5.56 Å². The first-order valence-corrected chi connectivity index (χ1v) is 10.2. The standard InChI is InChI=1S/C25H27N3O/c1-19(29)28(23-9-3-2-4-10-23)25-12-6-11-24(18-25)27-15-13-20(14-16-27)21-7-5-8-22(26)17-21/h2-12,17-18,20H,13-16,26H2,1H3. The number of nitrogens with two attached hydrogens (primary N) is 1. The molecule has 1 fully saturated rings. The Balaban J connectivity index is 1.51. The summed E-state index contributed by atoms with van der Waals surface area (Å²) < 4.78 is 0. The number of anilines is 4. The van der Waals surface area contributed by atoms with E-state index >= 15 is 0 Å². The fourth-order valence-electron chi connectivity index (χ4n) is 4.20. The highest BCUT2D eigenvalue weighted by Gasteiger charge is 2.22. The minimum atomic E-state index is 0.00808. The van der Waals surface area contributed by atoms with Gasteiger partial charge < -0.3 is 10.6 Å². The molecule has 1 aliphatic heterocycles. The molecule has 148 valence electrons. The van der Waals surface area contributed by atoms with Gasteiger partial charge in [-0.3, -0.25) is 9.69 Å². The third-order valence-electron chi connectivity index (χ3n) is 5.66. The highest BCUT2D eigenvalue weighted by Crippen LogP contribution is 2.34. The third-order valence-corrected chi connectivity index (χ3v) is 5.66. The maximum absolute atomic E-state index is 12.4. The van der Waals surface area contributed by atoms with Crippen LogP contribution in [0.3, 0.4) is 0 Å². The lowest BCUT2D eigenvalue weighted by Gasteiger charge is -2.34. The summed E-state index contributed by atoms with van der Waals surface area (Å²) in [6.07, 6.45) is 2.20. The van der Waals surface area contributed by atoms with Gasteiger partial charge in [0.25, 0.3) is 0 Å². The molecule has 1 amide bonds. The summed E-state index contributed by atoms with van der Waals surface area (Å²) in [6, 6.07) is 26.4. The van der Waals surface area contributed by atoms with Gasteiger partial charge in [0.05, 0.1) is 5.69 Å². The Labute approximate surface area is 172 Å². The van der Waals surface area contributed by atoms with Crippen molar-refractivity contribution in [1.29, 1.82) is 0 Å². The van der Waals surface area contributed by atoms with Crippen molar-refractivity contribution in [3.05, 3.63) is 84.4 Å². The molecule has 0 unspecified atom stereocenters. The number of nitrogens with zero attached hydrogens (tertiary/aromatic N) is 2. The number of carbonyl (C=O) groups excluding carboxylic acids is 1. The minimum absolute atomic E-state index is 0.00808. The molecule has 0 radical (unpaired) electrons. The number of rotatable bonds is 4. The number of amides is 1. The average Bonchev–Trinajstić information content (AvgIpc) is 2.75. The second-order valence-corrected chi connectivity index (χ2v) is 7.64. The van der Waals surface area contributed by atoms with Crippen molar-refractivity contribution >= 4 is 28.7 Å². The van der Waals surface area contributed by atoms with Crippen LogP contribution in [0.1, 0.15) is 31.2 Å². The molecule has 4 nitrogen and oxygen atoms in total. The largest absolute Gasteiger partial charge is 0.399 e. The Morgan fingerprint density at radius 2 is 1.59 bits per heavy atom. The zero-order chi connectivity index (χ0) is 20.2. The SMILES string of the molecule is CC(=O)N(c1ccccc1)c1cccc(N2CCC(c3cccc(N)c3)CC2)c1. The molecule has 29 heavy (non-hydrogen) atoms. The Morgan fingerprint density at radius 3 is 2.28 bits per heavy atom. The highest BCUT2D eigenvalue weighted by atomic mass is 16.2. The van der Waals surface area contributed by atoms with Crippen molar-refractivity contribution in [3.63, 3.8) is 0 Å². The molecule has 0 atom stereocenters. The monoisotopic (exact) mass is 385 g/mol. The van der Waals surface area contributed by atoms with E-state index in [2.05, 4.69) is 29.2 Å². The molecule has 0 bridgehead atoms. The van der Waals surface area contributed by atoms with Crippen LogP contribution in [0, 0.1) is 0 Å². The van der Waals surface area contributed by atoms with Gasteiger partial charge in [0.2, 0.25) is 5.91 Å². The molecule has 4 rings (SSSR count). The molecular weight excluding hydrogens is 358 g/mol. The fraction of sp³-hybridized carbons (Fsp3) is 0.240. The van der Waals surface area contributed by atoms with Crippen LogP contribution in [0.4, 0.5) is 22.7 Å². The molecule has 2 N–H and O–H groups in total. The van der Waals surface area contributed by atoms with Crippen LogP contribution in [-0.4, -0.2) is 19.0 Å². The summed E-state index contributed by atoms with van der Waals surface area (Å²) in [4.78, 5) is 16.5. The maximum atomic E-state index is 12.4. The minimum Gasteiger partial charge on any atom is -0.399 e. The molecular formula is C25H27N3O. The number of para-hydroxylation sites is 1. The highest BCUT2D eigenvalue weighted by molar-refractivity contribution is 5.99. The lowest BCUT2D eigenvalue weighted by atomic mass is 9.89. The number of hydrogen-bond acceptors (Lipinski definition) is 3. The summed E-state index contributed by atoms with van der Waals surface area (Å²) in [5.41, 5.74) is 11.1. The van der Waals surface area contributed by atoms with Gasteiger partial charge in [-0.05, 0) is 66.8 Å². The summed E-state index contributed by atoms with van der Waals surface area (Å²) in [5.74, 6) is 0.560. The average molecular weight is 386 g/mol. The van der Waals surface area contributed by atoms with E-state index in [0.29, 0.717) is 5.92 Å². The number of carbonyl (C=O) groups is 1. The molecule has 3 aromatic rings. The van der Waals surface area contributed by atoms with E-state index in [4.69, 9.17) is 5.73 Å². The summed E-state index contributed by atoms with van der Waals surface area (Å²) in [7, 11) is 0. The molecule has 1 heterocycles. The van der Waals surface area contributed by atoms with Gasteiger partial charge in [-0.25, -0.2) is 0 Å². The quantitative estimate of drug-likeness (QED) is 0.617. The third kappa shape index (κ3) is 4.27. The summed E-state index contributed by atoms with van der Waals surface area (Å²) in [6.45, 7) is 3.60. The first kappa shape index (κ1) is 19.1. The fourth-order valence-corrected chi connectivity index (χ4v) is 4.20. The van der Waals surface area contributed by atoms with Crippen molar-refractivity contribution in [2.75, 3.05) is 28.6 Å². The molecule has 4 heteroatoms. The second-order valence-electron chi connectivity index (χ2n) is 7.64. The van der Waals surface area contributed by atoms with Crippen LogP contribution in [0.15, 0.2) is 78.9 Å². The number of nitrogen functional groups attached to an aromatic ring is 1. The molecule has 0 saturated carbocycles. The first-order valence-electron chi connectivity index (χ1n) is 10.2. The zero-order valence-corrected chi connectivity index (χ0v) is 16.8. The van der Waals surface area contributed by atoms with E-state index < -0.39 is 0 Å². The molecule has 1 aliphatic rings. The molecule has 0 aromatic heterocycles. The van der Waals surface area contributed by atoms with E-state index in [1.807, 2.05) is 54.6 Å². The van der Waals surface area contributed by atoms with Crippen molar-refractivity contribution in [2.24, 2.45) is 0 Å². The second kappa shape index (κ2) is 8.39. The van der Waals surface area contributed by atoms with E-state index in [9.17, 15) is 4.79 Å². The van der Waals surface area contributed by atoms with Crippen molar-refractivity contribution < 1.29 is 4.79 Å². The van der Waals surface area contributed by atoms with Gasteiger partial charge in [-0.2, -0.15) is 0 Å². The van der Waals surface area contributed by atoms with Crippen LogP contribution in [-0.2, 0) is 4.79 Å². The van der Waals surface area contributed by atoms with E-state index in [0.717, 1.165) is 48.7 Å². The molecule has 0 aliphatic carbocycles. The Kier molecular flexibility index (Phi) is 5.52. The maximum Gasteiger partial charge on any atom is 0.228 e. The van der Waals surface area contributed by atoms with Crippen LogP contribution in [0.25, 0.3) is 0 Å². The Hall–Kier alpha value is -3.27. The molecule has 0 spiro atoms. The van der Waals surface area contributed by atoms with E-state index in [1.54, 1.807) is 11.8 Å². The first-order chi connectivity index (χ1) is 14.1. The van der Waals surface area contributed by atoms with Crippen molar-refractivity contribution in [3.8, 4) is 0 Å². The van der Waals surface area contributed by atoms with Gasteiger partial charge in [0.15, 0.2) is 0 Å². The molecule has 3 aromatic carbocycles. The predicted octanol–water partition coefficient (Wildman–Crippen LogP) is 5.34. The summed E-state index contributed by atoms with van der Waals surface area (Å²) in [5, 5.41) is 0. The van der Waals surface area contributed by atoms with Crippen LogP contribution in [0.5, 0.6) is 0 Å². The number of hydrogen-bond donors (Lipinski definition) is 1. The number of piperidine rings is 1. The van der Waals surface area contributed by atoms with Crippen LogP contribution < -0.4 is 15.5 Å². The Morgan fingerprint density at radius 1 is 0.897 bits per heavy atom. The number of benzene rings is 3. The topological polar surface area (TPSA) is 49.6 Å². The lowest BCUT2D eigenvalue weighted by Crippen LogP contribution is -2.33. The van der Waals surface area contributed by atoms with Crippen molar-refractivity contribution in [1.82, 2.24) is 0 Å². The Bertz CT molecular complexity index is 978. The zero-order valence-electron chi connectivity index (χ0n) is 16.8. The predicted molar refractivity (Wildman–Crippen MR) is 121 cm³/mol. The van der Waals surface area contributed by atoms with Gasteiger partial charge in [0.1, 0.15) is 0 Å². The molecule has 1 saturated heterocycles. The van der Waals surface area contributed by atoms with Crippen molar-refractivity contribution in [2.45, 2.75) is 25.7 Å². The van der Waals surface area contributed by atoms with Gasteiger partial charge in [0, 0.05) is 37.1 Å². The smallest absolute Gasteiger partial charge is 0.228 e. The van der Waals surface area contributed by atoms with Gasteiger partial charge in [-0.15, -0.1) is 0 Å². The van der Waals surface area contributed by atoms with E-state index in [-0.39, 0.29) is 5.91 Å². The normalized spacial score (nSPS) is 14.6. The summed E-state index contributed by atoms with van der Waals surface area (Å²) >= 11 is 0.